The summed E-state index contributed by atoms with van der Waals surface area (Å²) in [5.41, 5.74) is 0.454. The van der Waals surface area contributed by atoms with Gasteiger partial charge in [-0.15, -0.1) is 0 Å². The van der Waals surface area contributed by atoms with Gasteiger partial charge < -0.3 is 15.0 Å². The molecule has 0 spiro atoms. The largest absolute Gasteiger partial charge is 0.466 e. The first-order valence-electron chi connectivity index (χ1n) is 7.53. The number of hydrogen-bond donors (Lipinski definition) is 1. The number of carbonyl (C=O) groups excluding carboxylic acids is 3. The van der Waals surface area contributed by atoms with E-state index < -0.39 is 11.8 Å². The molecule has 1 heterocycles. The van der Waals surface area contributed by atoms with Gasteiger partial charge in [0.15, 0.2) is 0 Å². The maximum Gasteiger partial charge on any atom is 0.313 e. The van der Waals surface area contributed by atoms with Crippen LogP contribution in [-0.2, 0) is 19.1 Å². The number of likely N-dealkylation sites (tertiary alicyclic amines) is 1. The fourth-order valence-corrected chi connectivity index (χ4v) is 2.70. The second kappa shape index (κ2) is 7.97. The second-order valence-electron chi connectivity index (χ2n) is 5.31. The van der Waals surface area contributed by atoms with E-state index in [1.165, 1.54) is 4.90 Å². The molecule has 23 heavy (non-hydrogen) atoms. The van der Waals surface area contributed by atoms with Crippen LogP contribution >= 0.6 is 11.6 Å². The molecule has 0 radical (unpaired) electrons. The predicted octanol–water partition coefficient (Wildman–Crippen LogP) is 2.08. The van der Waals surface area contributed by atoms with Crippen LogP contribution in [0.25, 0.3) is 0 Å². The van der Waals surface area contributed by atoms with Crippen LogP contribution in [0.15, 0.2) is 24.3 Å². The van der Waals surface area contributed by atoms with Gasteiger partial charge in [0, 0.05) is 23.8 Å². The third kappa shape index (κ3) is 4.69. The number of anilines is 1. The number of piperidine rings is 1. The number of rotatable bonds is 3. The monoisotopic (exact) mass is 338 g/mol. The molecule has 0 saturated carbocycles. The Labute approximate surface area is 139 Å². The molecule has 1 aromatic rings. The zero-order chi connectivity index (χ0) is 16.8. The molecule has 7 heteroatoms. The van der Waals surface area contributed by atoms with Gasteiger partial charge in [-0.2, -0.15) is 0 Å². The minimum absolute atomic E-state index is 0.209. The van der Waals surface area contributed by atoms with Crippen LogP contribution in [0.4, 0.5) is 5.69 Å². The lowest BCUT2D eigenvalue weighted by molar-refractivity contribution is -0.153. The first-order chi connectivity index (χ1) is 11.0. The molecule has 0 bridgehead atoms. The van der Waals surface area contributed by atoms with E-state index in [1.807, 2.05) is 0 Å². The van der Waals surface area contributed by atoms with Crippen molar-refractivity contribution in [3.8, 4) is 0 Å². The van der Waals surface area contributed by atoms with Crippen molar-refractivity contribution < 1.29 is 19.1 Å². The molecule has 1 N–H and O–H groups in total. The topological polar surface area (TPSA) is 75.7 Å². The maximum absolute atomic E-state index is 12.2. The summed E-state index contributed by atoms with van der Waals surface area (Å²) in [5, 5.41) is 2.99. The fourth-order valence-electron chi connectivity index (χ4n) is 2.51. The van der Waals surface area contributed by atoms with Gasteiger partial charge in [-0.1, -0.05) is 17.7 Å². The summed E-state index contributed by atoms with van der Waals surface area (Å²) in [6.07, 6.45) is 1.33. The van der Waals surface area contributed by atoms with Crippen molar-refractivity contribution in [1.29, 1.82) is 0 Å². The normalized spacial score (nSPS) is 17.5. The van der Waals surface area contributed by atoms with Gasteiger partial charge in [-0.25, -0.2) is 0 Å². The number of benzene rings is 1. The highest BCUT2D eigenvalue weighted by molar-refractivity contribution is 6.39. The first-order valence-corrected chi connectivity index (χ1v) is 7.91. The number of nitrogens with one attached hydrogen (secondary N) is 1. The molecular formula is C16H19ClN2O4. The Morgan fingerprint density at radius 3 is 2.87 bits per heavy atom. The van der Waals surface area contributed by atoms with Gasteiger partial charge in [-0.05, 0) is 38.0 Å². The van der Waals surface area contributed by atoms with E-state index in [2.05, 4.69) is 5.32 Å². The summed E-state index contributed by atoms with van der Waals surface area (Å²) in [4.78, 5) is 37.5. The Kier molecular flexibility index (Phi) is 5.98. The highest BCUT2D eigenvalue weighted by Crippen LogP contribution is 2.19. The van der Waals surface area contributed by atoms with Gasteiger partial charge in [0.25, 0.3) is 0 Å². The smallest absolute Gasteiger partial charge is 0.313 e. The molecule has 1 atom stereocenters. The number of ether oxygens (including phenoxy) is 1. The molecule has 0 aromatic heterocycles. The van der Waals surface area contributed by atoms with Crippen LogP contribution in [0.5, 0.6) is 0 Å². The Bertz CT molecular complexity index is 605. The van der Waals surface area contributed by atoms with Gasteiger partial charge in [0.1, 0.15) is 0 Å². The lowest BCUT2D eigenvalue weighted by Crippen LogP contribution is -2.47. The van der Waals surface area contributed by atoms with Crippen molar-refractivity contribution in [3.63, 3.8) is 0 Å². The standard InChI is InChI=1S/C16H19ClN2O4/c1-2-23-16(22)11-5-4-8-19(10-11)15(21)14(20)18-13-7-3-6-12(17)9-13/h3,6-7,9,11H,2,4-5,8,10H2,1H3,(H,18,20). The molecule has 1 aliphatic heterocycles. The van der Waals surface area contributed by atoms with E-state index in [9.17, 15) is 14.4 Å². The quantitative estimate of drug-likeness (QED) is 0.676. The van der Waals surface area contributed by atoms with Gasteiger partial charge in [0.05, 0.1) is 12.5 Å². The van der Waals surface area contributed by atoms with Gasteiger partial charge in [0.2, 0.25) is 0 Å². The molecule has 1 saturated heterocycles. The summed E-state index contributed by atoms with van der Waals surface area (Å²) < 4.78 is 4.99. The Balaban J connectivity index is 1.96. The van der Waals surface area contributed by atoms with E-state index in [0.29, 0.717) is 36.7 Å². The number of halogens is 1. The minimum Gasteiger partial charge on any atom is -0.466 e. The molecule has 1 aliphatic rings. The van der Waals surface area contributed by atoms with Crippen LogP contribution in [0.3, 0.4) is 0 Å². The first kappa shape index (κ1) is 17.3. The maximum atomic E-state index is 12.2. The second-order valence-corrected chi connectivity index (χ2v) is 5.74. The summed E-state index contributed by atoms with van der Waals surface area (Å²) in [7, 11) is 0. The molecule has 2 rings (SSSR count). The van der Waals surface area contributed by atoms with Crippen LogP contribution in [0, 0.1) is 5.92 Å². The third-order valence-electron chi connectivity index (χ3n) is 3.61. The molecule has 2 amide bonds. The van der Waals surface area contributed by atoms with Gasteiger partial charge in [-0.3, -0.25) is 14.4 Å². The van der Waals surface area contributed by atoms with Crippen molar-refractivity contribution in [2.24, 2.45) is 5.92 Å². The van der Waals surface area contributed by atoms with Crippen molar-refractivity contribution in [2.45, 2.75) is 19.8 Å². The average molecular weight is 339 g/mol. The molecule has 1 unspecified atom stereocenters. The highest BCUT2D eigenvalue weighted by Gasteiger charge is 2.31. The van der Waals surface area contributed by atoms with E-state index in [4.69, 9.17) is 16.3 Å². The van der Waals surface area contributed by atoms with E-state index in [-0.39, 0.29) is 18.4 Å². The van der Waals surface area contributed by atoms with Crippen molar-refractivity contribution in [3.05, 3.63) is 29.3 Å². The van der Waals surface area contributed by atoms with Gasteiger partial charge >= 0.3 is 17.8 Å². The number of esters is 1. The van der Waals surface area contributed by atoms with E-state index in [1.54, 1.807) is 31.2 Å². The SMILES string of the molecule is CCOC(=O)C1CCCN(C(=O)C(=O)Nc2cccc(Cl)c2)C1. The molecule has 6 nitrogen and oxygen atoms in total. The molecule has 0 aliphatic carbocycles. The number of hydrogen-bond acceptors (Lipinski definition) is 4. The molecular weight excluding hydrogens is 320 g/mol. The molecule has 1 fully saturated rings. The minimum atomic E-state index is -0.739. The Morgan fingerprint density at radius 2 is 2.17 bits per heavy atom. The highest BCUT2D eigenvalue weighted by atomic mass is 35.5. The zero-order valence-corrected chi connectivity index (χ0v) is 13.6. The third-order valence-corrected chi connectivity index (χ3v) is 3.84. The summed E-state index contributed by atoms with van der Waals surface area (Å²) in [6.45, 7) is 2.71. The summed E-state index contributed by atoms with van der Waals surface area (Å²) in [6, 6.07) is 6.56. The lowest BCUT2D eigenvalue weighted by atomic mass is 9.98. The van der Waals surface area contributed by atoms with E-state index in [0.717, 1.165) is 0 Å². The van der Waals surface area contributed by atoms with Crippen LogP contribution in [-0.4, -0.2) is 42.4 Å². The van der Waals surface area contributed by atoms with Crippen molar-refractivity contribution in [1.82, 2.24) is 4.90 Å². The summed E-state index contributed by atoms with van der Waals surface area (Å²) >= 11 is 5.84. The lowest BCUT2D eigenvalue weighted by Gasteiger charge is -2.30. The number of carbonyl (C=O) groups is 3. The zero-order valence-electron chi connectivity index (χ0n) is 12.9. The fraction of sp³-hybridized carbons (Fsp3) is 0.438. The van der Waals surface area contributed by atoms with Crippen LogP contribution in [0.1, 0.15) is 19.8 Å². The average Bonchev–Trinajstić information content (AvgIpc) is 2.54. The predicted molar refractivity (Wildman–Crippen MR) is 86.0 cm³/mol. The van der Waals surface area contributed by atoms with Crippen LogP contribution in [0.2, 0.25) is 5.02 Å². The number of amides is 2. The number of nitrogens with zero attached hydrogens (tertiary/aromatic N) is 1. The molecule has 124 valence electrons. The van der Waals surface area contributed by atoms with Crippen molar-refractivity contribution in [2.75, 3.05) is 25.0 Å². The Hall–Kier alpha value is -2.08. The van der Waals surface area contributed by atoms with E-state index >= 15 is 0 Å². The summed E-state index contributed by atoms with van der Waals surface area (Å²) in [5.74, 6) is -2.08. The molecule has 1 aromatic carbocycles. The van der Waals surface area contributed by atoms with Crippen molar-refractivity contribution >= 4 is 35.1 Å². The van der Waals surface area contributed by atoms with Crippen LogP contribution < -0.4 is 5.32 Å². The Morgan fingerprint density at radius 1 is 1.39 bits per heavy atom.